The lowest BCUT2D eigenvalue weighted by atomic mass is 9.87. The molecule has 1 aromatic carbocycles. The molecule has 6 nitrogen and oxygen atoms in total. The summed E-state index contributed by atoms with van der Waals surface area (Å²) < 4.78 is 50.2. The number of hydrogen-bond donors (Lipinski definition) is 0. The zero-order valence-corrected chi connectivity index (χ0v) is 17.7. The number of carbonyl (C=O) groups is 1. The zero-order valence-electron chi connectivity index (χ0n) is 17.7. The number of ether oxygens (including phenoxy) is 1. The highest BCUT2D eigenvalue weighted by molar-refractivity contribution is 5.79. The molecule has 168 valence electrons. The normalized spacial score (nSPS) is 23.0. The van der Waals surface area contributed by atoms with Crippen LogP contribution in [0, 0.1) is 19.3 Å². The summed E-state index contributed by atoms with van der Waals surface area (Å²) in [5.74, 6) is 0.749. The van der Waals surface area contributed by atoms with Gasteiger partial charge in [-0.3, -0.25) is 9.69 Å². The molecule has 2 fully saturated rings. The van der Waals surface area contributed by atoms with E-state index in [0.717, 1.165) is 17.3 Å². The highest BCUT2D eigenvalue weighted by atomic mass is 19.4. The Balaban J connectivity index is 1.48. The summed E-state index contributed by atoms with van der Waals surface area (Å²) in [7, 11) is 0. The van der Waals surface area contributed by atoms with Crippen LogP contribution in [0.4, 0.5) is 13.2 Å². The van der Waals surface area contributed by atoms with Gasteiger partial charge in [-0.05, 0) is 25.5 Å². The number of carbonyl (C=O) groups excluding carboxylic acids is 1. The van der Waals surface area contributed by atoms with Crippen molar-refractivity contribution in [1.82, 2.24) is 15.0 Å². The van der Waals surface area contributed by atoms with Crippen LogP contribution in [0.1, 0.15) is 34.6 Å². The molecule has 1 spiro atoms. The van der Waals surface area contributed by atoms with Gasteiger partial charge in [0, 0.05) is 43.6 Å². The van der Waals surface area contributed by atoms with E-state index in [1.807, 2.05) is 18.7 Å². The van der Waals surface area contributed by atoms with Crippen molar-refractivity contribution >= 4 is 5.91 Å². The molecule has 1 amide bonds. The number of aryl methyl sites for hydroxylation is 2. The van der Waals surface area contributed by atoms with Crippen LogP contribution in [0.3, 0.4) is 0 Å². The van der Waals surface area contributed by atoms with Crippen LogP contribution in [0.25, 0.3) is 0 Å². The molecule has 0 radical (unpaired) electrons. The van der Waals surface area contributed by atoms with Gasteiger partial charge in [-0.2, -0.15) is 13.2 Å². The van der Waals surface area contributed by atoms with Gasteiger partial charge in [0.05, 0.1) is 31.0 Å². The molecule has 1 aromatic heterocycles. The standard InChI is InChI=1S/C22H26F3N3O3/c1-15-19(16(2)31-26-15)11-28-13-21(9-20(28)29)12-27(6-7-30-14-21)10-17-4-3-5-18(8-17)22(23,24)25/h3-5,8H,6-7,9-14H2,1-2H3. The molecule has 3 heterocycles. The predicted octanol–water partition coefficient (Wildman–Crippen LogP) is 3.56. The Morgan fingerprint density at radius 3 is 2.71 bits per heavy atom. The number of aromatic nitrogens is 1. The van der Waals surface area contributed by atoms with Gasteiger partial charge in [-0.25, -0.2) is 0 Å². The fraction of sp³-hybridized carbons (Fsp3) is 0.545. The average molecular weight is 437 g/mol. The second-order valence-corrected chi connectivity index (χ2v) is 8.69. The number of nitrogens with zero attached hydrogens (tertiary/aromatic N) is 3. The lowest BCUT2D eigenvalue weighted by Crippen LogP contribution is -2.40. The average Bonchev–Trinajstić information content (AvgIpc) is 3.09. The topological polar surface area (TPSA) is 58.8 Å². The Bertz CT molecular complexity index is 939. The molecule has 4 rings (SSSR count). The molecule has 2 aliphatic heterocycles. The quantitative estimate of drug-likeness (QED) is 0.732. The van der Waals surface area contributed by atoms with E-state index < -0.39 is 11.7 Å². The Morgan fingerprint density at radius 2 is 2.00 bits per heavy atom. The van der Waals surface area contributed by atoms with E-state index in [1.54, 1.807) is 6.07 Å². The number of hydrogen-bond acceptors (Lipinski definition) is 5. The first kappa shape index (κ1) is 21.8. The number of benzene rings is 1. The number of alkyl halides is 3. The van der Waals surface area contributed by atoms with E-state index in [0.29, 0.717) is 63.7 Å². The van der Waals surface area contributed by atoms with Crippen molar-refractivity contribution in [3.63, 3.8) is 0 Å². The van der Waals surface area contributed by atoms with Crippen LogP contribution in [0.2, 0.25) is 0 Å². The third kappa shape index (κ3) is 4.77. The van der Waals surface area contributed by atoms with Gasteiger partial charge < -0.3 is 14.2 Å². The lowest BCUT2D eigenvalue weighted by Gasteiger charge is -2.31. The molecular weight excluding hydrogens is 411 g/mol. The van der Waals surface area contributed by atoms with Crippen molar-refractivity contribution < 1.29 is 27.2 Å². The van der Waals surface area contributed by atoms with E-state index in [1.165, 1.54) is 12.1 Å². The monoisotopic (exact) mass is 437 g/mol. The first-order chi connectivity index (χ1) is 14.7. The van der Waals surface area contributed by atoms with Gasteiger partial charge in [-0.1, -0.05) is 23.4 Å². The minimum absolute atomic E-state index is 0.0459. The van der Waals surface area contributed by atoms with Crippen LogP contribution in [-0.4, -0.2) is 53.7 Å². The van der Waals surface area contributed by atoms with Gasteiger partial charge >= 0.3 is 6.18 Å². The molecular formula is C22H26F3N3O3. The molecule has 31 heavy (non-hydrogen) atoms. The third-order valence-corrected chi connectivity index (χ3v) is 6.12. The van der Waals surface area contributed by atoms with E-state index in [2.05, 4.69) is 10.1 Å². The number of halogens is 3. The van der Waals surface area contributed by atoms with Crippen LogP contribution >= 0.6 is 0 Å². The van der Waals surface area contributed by atoms with Gasteiger partial charge in [0.1, 0.15) is 5.76 Å². The molecule has 2 aromatic rings. The molecule has 2 aliphatic rings. The van der Waals surface area contributed by atoms with Crippen molar-refractivity contribution in [2.24, 2.45) is 5.41 Å². The summed E-state index contributed by atoms with van der Waals surface area (Å²) in [4.78, 5) is 16.7. The van der Waals surface area contributed by atoms with Crippen LogP contribution < -0.4 is 0 Å². The first-order valence-electron chi connectivity index (χ1n) is 10.3. The Labute approximate surface area is 178 Å². The largest absolute Gasteiger partial charge is 0.416 e. The number of amides is 1. The van der Waals surface area contributed by atoms with E-state index in [9.17, 15) is 18.0 Å². The molecule has 1 atom stereocenters. The molecule has 0 aliphatic carbocycles. The van der Waals surface area contributed by atoms with E-state index in [-0.39, 0.29) is 11.3 Å². The molecule has 0 saturated carbocycles. The van der Waals surface area contributed by atoms with Gasteiger partial charge in [-0.15, -0.1) is 0 Å². The molecule has 1 unspecified atom stereocenters. The SMILES string of the molecule is Cc1noc(C)c1CN1CC2(COCCN(Cc3cccc(C(F)(F)F)c3)C2)CC1=O. The second kappa shape index (κ2) is 8.27. The van der Waals surface area contributed by atoms with Gasteiger partial charge in [0.15, 0.2) is 0 Å². The summed E-state index contributed by atoms with van der Waals surface area (Å²) >= 11 is 0. The first-order valence-corrected chi connectivity index (χ1v) is 10.3. The highest BCUT2D eigenvalue weighted by Gasteiger charge is 2.45. The van der Waals surface area contributed by atoms with Crippen molar-refractivity contribution in [2.75, 3.05) is 32.8 Å². The molecule has 0 bridgehead atoms. The summed E-state index contributed by atoms with van der Waals surface area (Å²) in [6.07, 6.45) is -4.01. The maximum atomic E-state index is 13.1. The van der Waals surface area contributed by atoms with Gasteiger partial charge in [0.25, 0.3) is 0 Å². The maximum absolute atomic E-state index is 13.1. The van der Waals surface area contributed by atoms with Crippen LogP contribution in [0.5, 0.6) is 0 Å². The molecule has 2 saturated heterocycles. The summed E-state index contributed by atoms with van der Waals surface area (Å²) in [5.41, 5.74) is 1.26. The summed E-state index contributed by atoms with van der Waals surface area (Å²) in [6.45, 7) is 7.18. The highest BCUT2D eigenvalue weighted by Crippen LogP contribution is 2.36. The molecule has 0 N–H and O–H groups in total. The second-order valence-electron chi connectivity index (χ2n) is 8.69. The van der Waals surface area contributed by atoms with Crippen LogP contribution in [0.15, 0.2) is 28.8 Å². The van der Waals surface area contributed by atoms with Crippen LogP contribution in [-0.2, 0) is 28.8 Å². The smallest absolute Gasteiger partial charge is 0.379 e. The fourth-order valence-corrected chi connectivity index (χ4v) is 4.57. The van der Waals surface area contributed by atoms with Crippen molar-refractivity contribution in [3.05, 3.63) is 52.4 Å². The zero-order chi connectivity index (χ0) is 22.2. The van der Waals surface area contributed by atoms with Crippen molar-refractivity contribution in [3.8, 4) is 0 Å². The predicted molar refractivity (Wildman–Crippen MR) is 106 cm³/mol. The maximum Gasteiger partial charge on any atom is 0.416 e. The summed E-state index contributed by atoms with van der Waals surface area (Å²) in [5, 5.41) is 3.96. The van der Waals surface area contributed by atoms with Crippen molar-refractivity contribution in [1.29, 1.82) is 0 Å². The Morgan fingerprint density at radius 1 is 1.19 bits per heavy atom. The molecule has 9 heteroatoms. The number of rotatable bonds is 4. The Kier molecular flexibility index (Phi) is 5.83. The van der Waals surface area contributed by atoms with Crippen molar-refractivity contribution in [2.45, 2.75) is 39.5 Å². The van der Waals surface area contributed by atoms with E-state index >= 15 is 0 Å². The van der Waals surface area contributed by atoms with E-state index in [4.69, 9.17) is 9.26 Å². The van der Waals surface area contributed by atoms with Gasteiger partial charge in [0.2, 0.25) is 5.91 Å². The minimum Gasteiger partial charge on any atom is -0.379 e. The summed E-state index contributed by atoms with van der Waals surface area (Å²) in [6, 6.07) is 5.42. The lowest BCUT2D eigenvalue weighted by molar-refractivity contribution is -0.137. The minimum atomic E-state index is -4.37. The number of likely N-dealkylation sites (tertiary alicyclic amines) is 1. The fourth-order valence-electron chi connectivity index (χ4n) is 4.57. The Hall–Kier alpha value is -2.39. The third-order valence-electron chi connectivity index (χ3n) is 6.12.